The first-order valence-corrected chi connectivity index (χ1v) is 10.2. The van der Waals surface area contributed by atoms with E-state index in [0.717, 1.165) is 83.8 Å². The van der Waals surface area contributed by atoms with Crippen LogP contribution in [0.25, 0.3) is 0 Å². The van der Waals surface area contributed by atoms with Crippen molar-refractivity contribution in [2.24, 2.45) is 16.6 Å². The number of ether oxygens (including phenoxy) is 1. The number of aliphatic imine (C=N–C) groups is 1. The van der Waals surface area contributed by atoms with Gasteiger partial charge in [-0.05, 0) is 72.0 Å². The molecule has 158 valence electrons. The molecule has 0 radical (unpaired) electrons. The number of rotatable bonds is 9. The first kappa shape index (κ1) is 24.4. The molecule has 2 saturated heterocycles. The third-order valence-electron chi connectivity index (χ3n) is 5.40. The molecule has 1 unspecified atom stereocenters. The van der Waals surface area contributed by atoms with Gasteiger partial charge in [-0.25, -0.2) is 0 Å². The fourth-order valence-electron chi connectivity index (χ4n) is 3.66. The number of likely N-dealkylation sites (tertiary alicyclic amines) is 1. The van der Waals surface area contributed by atoms with Crippen molar-refractivity contribution in [3.05, 3.63) is 0 Å². The van der Waals surface area contributed by atoms with E-state index in [1.807, 2.05) is 0 Å². The molecule has 2 fully saturated rings. The Bertz CT molecular complexity index is 461. The van der Waals surface area contributed by atoms with E-state index in [2.05, 4.69) is 29.4 Å². The summed E-state index contributed by atoms with van der Waals surface area (Å²) >= 11 is 0. The van der Waals surface area contributed by atoms with Crippen LogP contribution < -0.4 is 16.4 Å². The third-order valence-corrected chi connectivity index (χ3v) is 5.40. The van der Waals surface area contributed by atoms with Gasteiger partial charge in [-0.15, -0.1) is 24.0 Å². The number of unbranched alkanes of at least 4 members (excludes halogenated alkanes) is 1. The van der Waals surface area contributed by atoms with Gasteiger partial charge in [-0.3, -0.25) is 9.79 Å². The molecule has 8 heteroatoms. The van der Waals surface area contributed by atoms with Crippen molar-refractivity contribution in [2.75, 3.05) is 45.9 Å². The van der Waals surface area contributed by atoms with Gasteiger partial charge in [0.25, 0.3) is 0 Å². The standard InChI is InChI=1S/C19H37N5O2.HI/c1-3-21-18(23-15-19(2)9-6-14-26-19)22-10-4-5-11-24-12-7-16(8-13-24)17(20)25;/h16H,3-15H2,1-2H3,(H2,20,25)(H2,21,22,23);1H. The van der Waals surface area contributed by atoms with Crippen molar-refractivity contribution in [1.29, 1.82) is 0 Å². The van der Waals surface area contributed by atoms with Crippen LogP contribution in [0.5, 0.6) is 0 Å². The van der Waals surface area contributed by atoms with E-state index in [1.54, 1.807) is 0 Å². The maximum Gasteiger partial charge on any atom is 0.220 e. The second-order valence-corrected chi connectivity index (χ2v) is 7.75. The predicted octanol–water partition coefficient (Wildman–Crippen LogP) is 1.71. The fourth-order valence-corrected chi connectivity index (χ4v) is 3.66. The molecule has 1 atom stereocenters. The molecular formula is C19H38IN5O2. The molecule has 0 aromatic carbocycles. The van der Waals surface area contributed by atoms with Crippen LogP contribution in [0.4, 0.5) is 0 Å². The lowest BCUT2D eigenvalue weighted by atomic mass is 9.96. The molecule has 0 aromatic heterocycles. The lowest BCUT2D eigenvalue weighted by Gasteiger charge is -2.30. The fraction of sp³-hybridized carbons (Fsp3) is 0.895. The highest BCUT2D eigenvalue weighted by Crippen LogP contribution is 2.25. The molecule has 0 aliphatic carbocycles. The second kappa shape index (κ2) is 12.8. The molecule has 0 aromatic rings. The first-order valence-electron chi connectivity index (χ1n) is 10.2. The average molecular weight is 495 g/mol. The Morgan fingerprint density at radius 1 is 1.30 bits per heavy atom. The van der Waals surface area contributed by atoms with Gasteiger partial charge < -0.3 is 26.0 Å². The van der Waals surface area contributed by atoms with E-state index in [1.165, 1.54) is 0 Å². The molecule has 2 rings (SSSR count). The van der Waals surface area contributed by atoms with Crippen molar-refractivity contribution in [2.45, 2.75) is 58.0 Å². The SMILES string of the molecule is CCNC(=NCC1(C)CCCO1)NCCCCN1CCC(C(N)=O)CC1.I. The summed E-state index contributed by atoms with van der Waals surface area (Å²) in [6, 6.07) is 0. The summed E-state index contributed by atoms with van der Waals surface area (Å²) in [5, 5.41) is 6.73. The van der Waals surface area contributed by atoms with E-state index >= 15 is 0 Å². The highest BCUT2D eigenvalue weighted by Gasteiger charge is 2.29. The number of carbonyl (C=O) groups excluding carboxylic acids is 1. The summed E-state index contributed by atoms with van der Waals surface area (Å²) in [7, 11) is 0. The molecule has 2 heterocycles. The molecule has 1 amide bonds. The van der Waals surface area contributed by atoms with Gasteiger partial charge in [0.2, 0.25) is 5.91 Å². The van der Waals surface area contributed by atoms with Crippen LogP contribution in [0.1, 0.15) is 52.4 Å². The smallest absolute Gasteiger partial charge is 0.220 e. The number of nitrogens with one attached hydrogen (secondary N) is 2. The average Bonchev–Trinajstić information content (AvgIpc) is 3.06. The predicted molar refractivity (Wildman–Crippen MR) is 121 cm³/mol. The lowest BCUT2D eigenvalue weighted by Crippen LogP contribution is -2.40. The van der Waals surface area contributed by atoms with E-state index in [-0.39, 0.29) is 41.4 Å². The zero-order valence-corrected chi connectivity index (χ0v) is 19.3. The van der Waals surface area contributed by atoms with Crippen molar-refractivity contribution in [1.82, 2.24) is 15.5 Å². The highest BCUT2D eigenvalue weighted by molar-refractivity contribution is 14.0. The van der Waals surface area contributed by atoms with E-state index in [0.29, 0.717) is 6.54 Å². The Balaban J connectivity index is 0.00000364. The maximum atomic E-state index is 11.2. The van der Waals surface area contributed by atoms with Crippen molar-refractivity contribution >= 4 is 35.8 Å². The van der Waals surface area contributed by atoms with Crippen molar-refractivity contribution in [3.63, 3.8) is 0 Å². The number of piperidine rings is 1. The van der Waals surface area contributed by atoms with Crippen LogP contribution in [0.2, 0.25) is 0 Å². The van der Waals surface area contributed by atoms with Gasteiger partial charge in [-0.2, -0.15) is 0 Å². The number of halogens is 1. The van der Waals surface area contributed by atoms with Crippen LogP contribution in [-0.4, -0.2) is 68.2 Å². The Kier molecular flexibility index (Phi) is 11.6. The summed E-state index contributed by atoms with van der Waals surface area (Å²) in [6.45, 7) is 10.6. The van der Waals surface area contributed by atoms with Crippen molar-refractivity contribution in [3.8, 4) is 0 Å². The zero-order valence-electron chi connectivity index (χ0n) is 17.0. The Labute approximate surface area is 181 Å². The summed E-state index contributed by atoms with van der Waals surface area (Å²) in [4.78, 5) is 18.3. The monoisotopic (exact) mass is 495 g/mol. The van der Waals surface area contributed by atoms with E-state index < -0.39 is 0 Å². The van der Waals surface area contributed by atoms with Crippen LogP contribution in [0.15, 0.2) is 4.99 Å². The molecule has 7 nitrogen and oxygen atoms in total. The van der Waals surface area contributed by atoms with Gasteiger partial charge in [0.1, 0.15) is 0 Å². The van der Waals surface area contributed by atoms with Crippen LogP contribution >= 0.6 is 24.0 Å². The topological polar surface area (TPSA) is 92.0 Å². The van der Waals surface area contributed by atoms with Gasteiger partial charge in [-0.1, -0.05) is 0 Å². The molecule has 2 aliphatic rings. The quantitative estimate of drug-likeness (QED) is 0.196. The number of nitrogens with two attached hydrogens (primary N) is 1. The van der Waals surface area contributed by atoms with Crippen LogP contribution in [0.3, 0.4) is 0 Å². The highest BCUT2D eigenvalue weighted by atomic mass is 127. The maximum absolute atomic E-state index is 11.2. The van der Waals surface area contributed by atoms with Gasteiger partial charge in [0.15, 0.2) is 5.96 Å². The summed E-state index contributed by atoms with van der Waals surface area (Å²) in [5.74, 6) is 0.824. The molecule has 27 heavy (non-hydrogen) atoms. The summed E-state index contributed by atoms with van der Waals surface area (Å²) in [5.41, 5.74) is 5.29. The largest absolute Gasteiger partial charge is 0.373 e. The Hall–Kier alpha value is -0.610. The molecule has 2 aliphatic heterocycles. The molecular weight excluding hydrogens is 457 g/mol. The summed E-state index contributed by atoms with van der Waals surface area (Å²) in [6.07, 6.45) is 6.29. The minimum atomic E-state index is -0.138. The molecule has 0 spiro atoms. The summed E-state index contributed by atoms with van der Waals surface area (Å²) < 4.78 is 5.80. The normalized spacial score (nSPS) is 24.4. The molecule has 4 N–H and O–H groups in total. The number of guanidine groups is 1. The Morgan fingerprint density at radius 3 is 2.63 bits per heavy atom. The van der Waals surface area contributed by atoms with Gasteiger partial charge in [0.05, 0.1) is 12.1 Å². The lowest BCUT2D eigenvalue weighted by molar-refractivity contribution is -0.123. The van der Waals surface area contributed by atoms with Crippen LogP contribution in [0, 0.1) is 5.92 Å². The number of hydrogen-bond donors (Lipinski definition) is 3. The Morgan fingerprint density at radius 2 is 2.04 bits per heavy atom. The van der Waals surface area contributed by atoms with Gasteiger partial charge >= 0.3 is 0 Å². The second-order valence-electron chi connectivity index (χ2n) is 7.75. The van der Waals surface area contributed by atoms with Crippen molar-refractivity contribution < 1.29 is 9.53 Å². The third kappa shape index (κ3) is 8.95. The van der Waals surface area contributed by atoms with E-state index in [4.69, 9.17) is 15.5 Å². The zero-order chi connectivity index (χ0) is 18.8. The van der Waals surface area contributed by atoms with Gasteiger partial charge in [0, 0.05) is 25.6 Å². The number of carbonyl (C=O) groups is 1. The van der Waals surface area contributed by atoms with E-state index in [9.17, 15) is 4.79 Å². The number of nitrogens with zero attached hydrogens (tertiary/aromatic N) is 2. The molecule has 0 saturated carbocycles. The number of primary amides is 1. The molecule has 0 bridgehead atoms. The number of hydrogen-bond acceptors (Lipinski definition) is 4. The van der Waals surface area contributed by atoms with Crippen LogP contribution in [-0.2, 0) is 9.53 Å². The first-order chi connectivity index (χ1) is 12.5. The minimum absolute atomic E-state index is 0. The number of amides is 1. The minimum Gasteiger partial charge on any atom is -0.373 e.